The van der Waals surface area contributed by atoms with Gasteiger partial charge in [0.2, 0.25) is 0 Å². The Labute approximate surface area is 74.0 Å². The Bertz CT molecular complexity index is 78.6. The first-order chi connectivity index (χ1) is 3.46. The van der Waals surface area contributed by atoms with Gasteiger partial charge in [-0.15, -0.1) is 0 Å². The fourth-order valence-corrected chi connectivity index (χ4v) is 0. The van der Waals surface area contributed by atoms with E-state index in [1.807, 2.05) is 0 Å². The van der Waals surface area contributed by atoms with Crippen LogP contribution in [-0.4, -0.2) is 10.5 Å². The Morgan fingerprint density at radius 3 is 1.00 bits per heavy atom. The number of amides is 2. The second-order valence-corrected chi connectivity index (χ2v) is 1.44. The van der Waals surface area contributed by atoms with Gasteiger partial charge in [0, 0.05) is 0 Å². The quantitative estimate of drug-likeness (QED) is 0.410. The van der Waals surface area contributed by atoms with Crippen LogP contribution in [0.5, 0.6) is 0 Å². The maximum absolute atomic E-state index is 9.04. The van der Waals surface area contributed by atoms with Crippen molar-refractivity contribution >= 4 is 35.7 Å². The average molecular weight is 216 g/mol. The molecule has 0 aliphatic rings. The zero-order chi connectivity index (χ0) is 7.15. The van der Waals surface area contributed by atoms with Gasteiger partial charge in [-0.25, -0.2) is 0 Å². The van der Waals surface area contributed by atoms with Gasteiger partial charge in [0.1, 0.15) is 0 Å². The van der Waals surface area contributed by atoms with Crippen LogP contribution in [-0.2, 0) is 42.3 Å². The van der Waals surface area contributed by atoms with E-state index in [1.54, 1.807) is 0 Å². The maximum Gasteiger partial charge on any atom is 2.00 e. The minimum atomic E-state index is -0.750. The van der Waals surface area contributed by atoms with Crippen molar-refractivity contribution < 1.29 is 26.7 Å². The largest absolute Gasteiger partial charge is 2.00 e. The Morgan fingerprint density at radius 2 is 1.00 bits per heavy atom. The third kappa shape index (κ3) is 27200. The summed E-state index contributed by atoms with van der Waals surface area (Å²) in [6.07, 6.45) is 0. The summed E-state index contributed by atoms with van der Waals surface area (Å²) in [5, 5.41) is -1.50. The summed E-state index contributed by atoms with van der Waals surface area (Å²) in [5.74, 6) is 0. The molecule has 0 atom stereocenters. The van der Waals surface area contributed by atoms with E-state index in [0.29, 0.717) is 0 Å². The van der Waals surface area contributed by atoms with Gasteiger partial charge in [0.05, 0.1) is 10.5 Å². The van der Waals surface area contributed by atoms with Gasteiger partial charge in [-0.2, -0.15) is 0 Å². The molecule has 7 heteroatoms. The van der Waals surface area contributed by atoms with Crippen LogP contribution in [0.3, 0.4) is 0 Å². The second kappa shape index (κ2) is 10.8. The molecule has 0 aliphatic carbocycles. The Hall–Kier alpha value is -0.101. The molecule has 0 aromatic carbocycles. The van der Waals surface area contributed by atoms with Crippen molar-refractivity contribution in [3.05, 3.63) is 0 Å². The second-order valence-electron chi connectivity index (χ2n) is 0.638. The van der Waals surface area contributed by atoms with E-state index in [2.05, 4.69) is 36.7 Å². The van der Waals surface area contributed by atoms with Gasteiger partial charge in [0.15, 0.2) is 0 Å². The molecule has 0 aromatic heterocycles. The molecular weight excluding hydrogens is 212 g/mol. The fourth-order valence-electron chi connectivity index (χ4n) is 0. The first-order valence-electron chi connectivity index (χ1n) is 1.39. The summed E-state index contributed by atoms with van der Waals surface area (Å²) in [6.45, 7) is 0. The minimum Gasteiger partial charge on any atom is -0.719 e. The topological polar surface area (TPSA) is 86.2 Å². The van der Waals surface area contributed by atoms with Crippen LogP contribution in [0.2, 0.25) is 0 Å². The molecular formula is C2H4CuN2O2S2. The molecule has 0 bridgehead atoms. The molecule has 0 aromatic rings. The normalized spacial score (nSPS) is 5.33. The molecule has 57 valence electrons. The molecule has 4 nitrogen and oxygen atoms in total. The molecule has 4 N–H and O–H groups in total. The van der Waals surface area contributed by atoms with Crippen molar-refractivity contribution in [1.29, 1.82) is 0 Å². The van der Waals surface area contributed by atoms with Crippen LogP contribution >= 0.6 is 0 Å². The summed E-state index contributed by atoms with van der Waals surface area (Å²) < 4.78 is 0. The molecule has 0 saturated heterocycles. The number of hydrogen-bond acceptors (Lipinski definition) is 4. The Balaban J connectivity index is -0.0000000720. The molecule has 0 fully saturated rings. The summed E-state index contributed by atoms with van der Waals surface area (Å²) in [5.41, 5.74) is 8.57. The SMILES string of the molecule is NC(=O)[S-].NC(=O)[S-].[Cu+2]. The van der Waals surface area contributed by atoms with Crippen LogP contribution in [0, 0.1) is 0 Å². The van der Waals surface area contributed by atoms with Gasteiger partial charge >= 0.3 is 17.1 Å². The van der Waals surface area contributed by atoms with Gasteiger partial charge in [-0.1, -0.05) is 0 Å². The minimum absolute atomic E-state index is 0. The third-order valence-electron chi connectivity index (χ3n) is 0. The smallest absolute Gasteiger partial charge is 0.719 e. The number of carbonyl (C=O) groups is 2. The van der Waals surface area contributed by atoms with Crippen LogP contribution < -0.4 is 11.5 Å². The number of nitrogens with two attached hydrogens (primary N) is 2. The molecule has 0 heterocycles. The zero-order valence-electron chi connectivity index (χ0n) is 4.09. The van der Waals surface area contributed by atoms with Gasteiger partial charge in [-0.3, -0.25) is 0 Å². The molecule has 0 unspecified atom stereocenters. The summed E-state index contributed by atoms with van der Waals surface area (Å²) in [4.78, 5) is 18.1. The van der Waals surface area contributed by atoms with Crippen molar-refractivity contribution in [1.82, 2.24) is 0 Å². The Kier molecular flexibility index (Phi) is 19.2. The monoisotopic (exact) mass is 215 g/mol. The van der Waals surface area contributed by atoms with Crippen molar-refractivity contribution in [2.45, 2.75) is 0 Å². The van der Waals surface area contributed by atoms with E-state index in [1.165, 1.54) is 0 Å². The van der Waals surface area contributed by atoms with E-state index >= 15 is 0 Å². The van der Waals surface area contributed by atoms with Crippen molar-refractivity contribution in [2.75, 3.05) is 0 Å². The van der Waals surface area contributed by atoms with E-state index < -0.39 is 10.5 Å². The average Bonchev–Trinajstić information content (AvgIpc) is 1.25. The zero-order valence-corrected chi connectivity index (χ0v) is 6.66. The van der Waals surface area contributed by atoms with Gasteiger partial charge in [-0.05, 0) is 0 Å². The maximum atomic E-state index is 9.04. The van der Waals surface area contributed by atoms with Crippen LogP contribution in [0.1, 0.15) is 0 Å². The third-order valence-corrected chi connectivity index (χ3v) is 0. The van der Waals surface area contributed by atoms with Crippen molar-refractivity contribution in [2.24, 2.45) is 11.5 Å². The van der Waals surface area contributed by atoms with Crippen molar-refractivity contribution in [3.8, 4) is 0 Å². The van der Waals surface area contributed by atoms with E-state index in [4.69, 9.17) is 9.59 Å². The molecule has 0 saturated carbocycles. The molecule has 0 aliphatic heterocycles. The number of hydrogen-bond donors (Lipinski definition) is 2. The van der Waals surface area contributed by atoms with Crippen LogP contribution in [0.4, 0.5) is 9.59 Å². The molecule has 1 radical (unpaired) electrons. The number of primary amides is 2. The number of carbonyl (C=O) groups excluding carboxylic acids is 2. The van der Waals surface area contributed by atoms with E-state index in [-0.39, 0.29) is 17.1 Å². The molecule has 0 spiro atoms. The summed E-state index contributed by atoms with van der Waals surface area (Å²) in [7, 11) is 0. The fraction of sp³-hybridized carbons (Fsp3) is 0. The van der Waals surface area contributed by atoms with Crippen LogP contribution in [0.25, 0.3) is 0 Å². The molecule has 2 amide bonds. The Morgan fingerprint density at radius 1 is 1.00 bits per heavy atom. The van der Waals surface area contributed by atoms with Gasteiger partial charge < -0.3 is 46.3 Å². The van der Waals surface area contributed by atoms with E-state index in [0.717, 1.165) is 0 Å². The summed E-state index contributed by atoms with van der Waals surface area (Å²) >= 11 is 7.52. The standard InChI is InChI=1S/2CH3NOS.Cu/c2*2-1(3)4;/h2*(H3,2,3,4);/q;;+2/p-2. The predicted octanol–water partition coefficient (Wildman–Crippen LogP) is -0.778. The number of rotatable bonds is 0. The van der Waals surface area contributed by atoms with Crippen LogP contribution in [0.15, 0.2) is 0 Å². The predicted molar refractivity (Wildman–Crippen MR) is 33.9 cm³/mol. The van der Waals surface area contributed by atoms with Gasteiger partial charge in [0.25, 0.3) is 0 Å². The first-order valence-corrected chi connectivity index (χ1v) is 2.21. The van der Waals surface area contributed by atoms with Crippen molar-refractivity contribution in [3.63, 3.8) is 0 Å². The summed E-state index contributed by atoms with van der Waals surface area (Å²) in [6, 6.07) is 0. The molecule has 9 heavy (non-hydrogen) atoms. The first kappa shape index (κ1) is 16.0. The van der Waals surface area contributed by atoms with E-state index in [9.17, 15) is 0 Å². The molecule has 0 rings (SSSR count).